The van der Waals surface area contributed by atoms with Crippen LogP contribution >= 0.6 is 24.0 Å². The van der Waals surface area contributed by atoms with Gasteiger partial charge in [0, 0.05) is 18.8 Å². The molecule has 1 saturated heterocycles. The van der Waals surface area contributed by atoms with Crippen LogP contribution in [-0.4, -0.2) is 50.5 Å². The van der Waals surface area contributed by atoms with Crippen molar-refractivity contribution in [2.24, 2.45) is 0 Å². The number of aromatic nitrogens is 3. The van der Waals surface area contributed by atoms with Crippen molar-refractivity contribution in [1.82, 2.24) is 14.8 Å². The van der Waals surface area contributed by atoms with Gasteiger partial charge in [0.15, 0.2) is 0 Å². The van der Waals surface area contributed by atoms with Gasteiger partial charge in [-0.25, -0.2) is 4.57 Å². The Labute approximate surface area is 139 Å². The second-order valence-electron chi connectivity index (χ2n) is 4.91. The van der Waals surface area contributed by atoms with Crippen molar-refractivity contribution >= 4 is 46.2 Å². The lowest BCUT2D eigenvalue weighted by atomic mass is 10.1. The highest BCUT2D eigenvalue weighted by Gasteiger charge is 2.21. The topological polar surface area (TPSA) is 86.3 Å². The van der Waals surface area contributed by atoms with Crippen LogP contribution in [0.1, 0.15) is 32.6 Å². The summed E-state index contributed by atoms with van der Waals surface area (Å²) in [6.45, 7) is 4.06. The normalized spacial score (nSPS) is 14.9. The molecule has 0 aromatic carbocycles. The first kappa shape index (κ1) is 17.0. The minimum absolute atomic E-state index is 0.217. The number of thiocarbonyl (C=S) groups is 1. The van der Waals surface area contributed by atoms with Gasteiger partial charge in [-0.1, -0.05) is 24.0 Å². The molecule has 0 amide bonds. The fourth-order valence-electron chi connectivity index (χ4n) is 2.28. The van der Waals surface area contributed by atoms with Crippen LogP contribution in [0.5, 0.6) is 0 Å². The van der Waals surface area contributed by atoms with Gasteiger partial charge in [0.25, 0.3) is 0 Å². The van der Waals surface area contributed by atoms with Crippen LogP contribution in [0.15, 0.2) is 0 Å². The van der Waals surface area contributed by atoms with E-state index in [0.717, 1.165) is 25.9 Å². The van der Waals surface area contributed by atoms with E-state index in [1.165, 1.54) is 18.2 Å². The van der Waals surface area contributed by atoms with Gasteiger partial charge in [-0.05, 0) is 26.2 Å². The van der Waals surface area contributed by atoms with Crippen molar-refractivity contribution in [2.45, 2.75) is 32.6 Å². The zero-order valence-corrected chi connectivity index (χ0v) is 14.3. The Balaban J connectivity index is 1.97. The molecule has 7 nitrogen and oxygen atoms in total. The van der Waals surface area contributed by atoms with E-state index in [1.807, 2.05) is 0 Å². The molecule has 0 spiro atoms. The number of hydrogen-bond acceptors (Lipinski definition) is 8. The van der Waals surface area contributed by atoms with Gasteiger partial charge in [0.2, 0.25) is 11.9 Å². The molecule has 1 aromatic rings. The van der Waals surface area contributed by atoms with Gasteiger partial charge in [-0.3, -0.25) is 4.79 Å². The molecule has 1 fully saturated rings. The molecule has 0 saturated carbocycles. The van der Waals surface area contributed by atoms with Crippen molar-refractivity contribution in [3.63, 3.8) is 0 Å². The summed E-state index contributed by atoms with van der Waals surface area (Å²) in [6.07, 6.45) is 3.82. The van der Waals surface area contributed by atoms with Gasteiger partial charge >= 0.3 is 5.97 Å². The molecule has 0 aliphatic carbocycles. The van der Waals surface area contributed by atoms with E-state index >= 15 is 0 Å². The smallest absolute Gasteiger partial charge is 0.306 e. The van der Waals surface area contributed by atoms with Gasteiger partial charge in [0.05, 0.1) is 13.0 Å². The third-order valence-electron chi connectivity index (χ3n) is 3.33. The van der Waals surface area contributed by atoms with Crippen LogP contribution in [-0.2, 0) is 9.53 Å². The number of nitrogens with zero attached hydrogens (tertiary/aromatic N) is 4. The van der Waals surface area contributed by atoms with Crippen molar-refractivity contribution in [1.29, 1.82) is 0 Å². The van der Waals surface area contributed by atoms with E-state index in [4.69, 9.17) is 22.7 Å². The molecule has 0 radical (unpaired) electrons. The summed E-state index contributed by atoms with van der Waals surface area (Å²) in [6, 6.07) is 0. The summed E-state index contributed by atoms with van der Waals surface area (Å²) in [5.41, 5.74) is 5.90. The number of piperidine rings is 1. The minimum Gasteiger partial charge on any atom is -0.466 e. The van der Waals surface area contributed by atoms with Crippen molar-refractivity contribution in [3.05, 3.63) is 0 Å². The van der Waals surface area contributed by atoms with E-state index < -0.39 is 0 Å². The summed E-state index contributed by atoms with van der Waals surface area (Å²) in [4.78, 5) is 13.5. The fraction of sp³-hybridized carbons (Fsp3) is 0.692. The number of hydrogen-bond donors (Lipinski definition) is 1. The number of rotatable bonds is 5. The zero-order chi connectivity index (χ0) is 15.9. The number of anilines is 2. The summed E-state index contributed by atoms with van der Waals surface area (Å²) < 4.78 is 7.15. The number of carbonyl (C=O) groups excluding carboxylic acids is 1. The van der Waals surface area contributed by atoms with Crippen LogP contribution in [0.3, 0.4) is 0 Å². The first-order valence-electron chi connectivity index (χ1n) is 7.42. The highest BCUT2D eigenvalue weighted by molar-refractivity contribution is 8.23. The average Bonchev–Trinajstić information content (AvgIpc) is 2.90. The monoisotopic (exact) mass is 343 g/mol. The number of nitrogens with two attached hydrogens (primary N) is 1. The predicted octanol–water partition coefficient (Wildman–Crippen LogP) is 1.67. The predicted molar refractivity (Wildman–Crippen MR) is 92.2 cm³/mol. The molecule has 0 atom stereocenters. The van der Waals surface area contributed by atoms with E-state index in [-0.39, 0.29) is 11.9 Å². The number of thioether (sulfide) groups is 1. The lowest BCUT2D eigenvalue weighted by molar-refractivity contribution is -0.142. The molecular formula is C13H21N5O2S2. The van der Waals surface area contributed by atoms with Crippen LogP contribution < -0.4 is 10.6 Å². The molecule has 0 bridgehead atoms. The molecule has 1 aliphatic heterocycles. The van der Waals surface area contributed by atoms with Crippen molar-refractivity contribution in [2.75, 3.05) is 36.1 Å². The maximum absolute atomic E-state index is 11.3. The maximum Gasteiger partial charge on any atom is 0.306 e. The van der Waals surface area contributed by atoms with Crippen molar-refractivity contribution in [3.8, 4) is 0 Å². The summed E-state index contributed by atoms with van der Waals surface area (Å²) in [7, 11) is 0. The Morgan fingerprint density at radius 3 is 2.77 bits per heavy atom. The number of carbonyl (C=O) groups is 1. The maximum atomic E-state index is 11.3. The van der Waals surface area contributed by atoms with E-state index in [9.17, 15) is 4.79 Å². The quantitative estimate of drug-likeness (QED) is 0.638. The van der Waals surface area contributed by atoms with Crippen LogP contribution in [0.2, 0.25) is 0 Å². The first-order valence-corrected chi connectivity index (χ1v) is 8.81. The van der Waals surface area contributed by atoms with Crippen molar-refractivity contribution < 1.29 is 9.53 Å². The zero-order valence-electron chi connectivity index (χ0n) is 12.7. The SMILES string of the molecule is CCOC(=O)CCSC(=S)n1c(N)nnc1N1CCCCC1. The summed E-state index contributed by atoms with van der Waals surface area (Å²) >= 11 is 6.81. The molecule has 0 unspecified atom stereocenters. The van der Waals surface area contributed by atoms with E-state index in [2.05, 4.69) is 15.1 Å². The third kappa shape index (κ3) is 4.33. The fourth-order valence-corrected chi connectivity index (χ4v) is 3.45. The molecule has 22 heavy (non-hydrogen) atoms. The van der Waals surface area contributed by atoms with Crippen LogP contribution in [0.4, 0.5) is 11.9 Å². The molecule has 1 aromatic heterocycles. The largest absolute Gasteiger partial charge is 0.466 e. The Hall–Kier alpha value is -1.35. The lowest BCUT2D eigenvalue weighted by Crippen LogP contribution is -2.32. The Morgan fingerprint density at radius 2 is 2.09 bits per heavy atom. The number of nitrogen functional groups attached to an aromatic ring is 1. The molecule has 2 rings (SSSR count). The highest BCUT2D eigenvalue weighted by Crippen LogP contribution is 2.23. The Morgan fingerprint density at radius 1 is 1.36 bits per heavy atom. The lowest BCUT2D eigenvalue weighted by Gasteiger charge is -2.27. The first-order chi connectivity index (χ1) is 10.6. The van der Waals surface area contributed by atoms with E-state index in [1.54, 1.807) is 11.5 Å². The molecule has 2 N–H and O–H groups in total. The molecular weight excluding hydrogens is 322 g/mol. The van der Waals surface area contributed by atoms with Gasteiger partial charge in [0.1, 0.15) is 4.32 Å². The third-order valence-corrected chi connectivity index (χ3v) is 4.70. The minimum atomic E-state index is -0.217. The van der Waals surface area contributed by atoms with Crippen LogP contribution in [0.25, 0.3) is 0 Å². The average molecular weight is 343 g/mol. The van der Waals surface area contributed by atoms with E-state index in [0.29, 0.717) is 29.0 Å². The molecule has 2 heterocycles. The van der Waals surface area contributed by atoms with Gasteiger partial charge < -0.3 is 15.4 Å². The summed E-state index contributed by atoms with van der Waals surface area (Å²) in [5, 5.41) is 8.10. The second-order valence-corrected chi connectivity index (χ2v) is 6.64. The standard InChI is InChI=1S/C13H21N5O2S2/c1-2-20-10(19)6-9-22-13(21)18-11(14)15-16-12(18)17-7-4-3-5-8-17/h2-9H2,1H3,(H2,14,15). The van der Waals surface area contributed by atoms with Gasteiger partial charge in [-0.2, -0.15) is 0 Å². The second kappa shape index (κ2) is 8.33. The molecule has 122 valence electrons. The summed E-state index contributed by atoms with van der Waals surface area (Å²) in [5.74, 6) is 1.32. The van der Waals surface area contributed by atoms with Crippen LogP contribution in [0, 0.1) is 0 Å². The number of ether oxygens (including phenoxy) is 1. The molecule has 1 aliphatic rings. The Kier molecular flexibility index (Phi) is 6.44. The number of esters is 1. The Bertz CT molecular complexity index is 529. The highest BCUT2D eigenvalue weighted by atomic mass is 32.2. The molecule has 9 heteroatoms. The van der Waals surface area contributed by atoms with Gasteiger partial charge in [-0.15, -0.1) is 10.2 Å².